The summed E-state index contributed by atoms with van der Waals surface area (Å²) in [5.41, 5.74) is 0.924. The van der Waals surface area contributed by atoms with Gasteiger partial charge in [0, 0.05) is 13.5 Å². The highest BCUT2D eigenvalue weighted by atomic mass is 32.2. The topological polar surface area (TPSA) is 58.6 Å². The molecule has 0 heterocycles. The number of nitrogens with zero attached hydrogens (tertiary/aromatic N) is 1. The molecule has 1 rings (SSSR count). The van der Waals surface area contributed by atoms with Gasteiger partial charge in [0.15, 0.2) is 0 Å². The molecule has 118 valence electrons. The van der Waals surface area contributed by atoms with E-state index in [2.05, 4.69) is 4.72 Å². The largest absolute Gasteiger partial charge is 0.275 e. The molecule has 0 aromatic heterocycles. The minimum Gasteiger partial charge on any atom is -0.275 e. The molecule has 1 amide bonds. The van der Waals surface area contributed by atoms with Gasteiger partial charge in [-0.15, -0.1) is 0 Å². The number of carbonyl (C=O) groups is 1. The molecule has 0 spiro atoms. The van der Waals surface area contributed by atoms with Crippen molar-refractivity contribution in [2.75, 3.05) is 14.2 Å². The normalized spacial score (nSPS) is 14.5. The van der Waals surface area contributed by atoms with Crippen LogP contribution >= 0.6 is 0 Å². The smallest absolute Gasteiger partial charge is 0.247 e. The quantitative estimate of drug-likeness (QED) is 0.819. The van der Waals surface area contributed by atoms with Crippen molar-refractivity contribution in [1.29, 1.82) is 0 Å². The van der Waals surface area contributed by atoms with Crippen molar-refractivity contribution in [3.05, 3.63) is 35.9 Å². The summed E-state index contributed by atoms with van der Waals surface area (Å²) in [7, 11) is 1.74. The van der Waals surface area contributed by atoms with Crippen LogP contribution in [0.3, 0.4) is 0 Å². The van der Waals surface area contributed by atoms with Gasteiger partial charge in [0.25, 0.3) is 0 Å². The number of hydrogen-bond donors (Lipinski definition) is 1. The minimum absolute atomic E-state index is 0.176. The maximum absolute atomic E-state index is 12.3. The Morgan fingerprint density at radius 2 is 1.90 bits per heavy atom. The fourth-order valence-corrected chi connectivity index (χ4v) is 2.46. The van der Waals surface area contributed by atoms with E-state index >= 15 is 0 Å². The highest BCUT2D eigenvalue weighted by Crippen LogP contribution is 2.21. The molecule has 5 nitrogen and oxygen atoms in total. The molecule has 0 aliphatic carbocycles. The molecule has 0 aliphatic rings. The van der Waals surface area contributed by atoms with E-state index in [1.807, 2.05) is 51.1 Å². The van der Waals surface area contributed by atoms with Crippen LogP contribution in [0.1, 0.15) is 38.8 Å². The number of amides is 1. The molecule has 1 aromatic rings. The Kier molecular flexibility index (Phi) is 6.51. The second kappa shape index (κ2) is 7.68. The van der Waals surface area contributed by atoms with Gasteiger partial charge < -0.3 is 0 Å². The molecule has 1 aromatic carbocycles. The molecule has 0 saturated carbocycles. The van der Waals surface area contributed by atoms with Crippen molar-refractivity contribution in [3.8, 4) is 0 Å². The average Bonchev–Trinajstić information content (AvgIpc) is 2.45. The first kappa shape index (κ1) is 17.8. The first-order valence-corrected chi connectivity index (χ1v) is 7.94. The highest BCUT2D eigenvalue weighted by Gasteiger charge is 2.26. The lowest BCUT2D eigenvalue weighted by Crippen LogP contribution is -2.38. The summed E-state index contributed by atoms with van der Waals surface area (Å²) < 4.78 is 15.0. The van der Waals surface area contributed by atoms with Crippen LogP contribution in [0.15, 0.2) is 30.3 Å². The SMILES string of the molecule is CON(C)C(=O)C[C@@H](N[S@@](=O)C(C)(C)C)c1ccccc1. The van der Waals surface area contributed by atoms with Gasteiger partial charge in [0.05, 0.1) is 28.9 Å². The van der Waals surface area contributed by atoms with Crippen LogP contribution in [0, 0.1) is 0 Å². The second-order valence-corrected chi connectivity index (χ2v) is 7.74. The summed E-state index contributed by atoms with van der Waals surface area (Å²) in [6.07, 6.45) is 0.177. The number of hydroxylamine groups is 2. The van der Waals surface area contributed by atoms with Gasteiger partial charge in [-0.1, -0.05) is 30.3 Å². The van der Waals surface area contributed by atoms with E-state index in [0.29, 0.717) is 0 Å². The van der Waals surface area contributed by atoms with E-state index in [4.69, 9.17) is 4.84 Å². The maximum atomic E-state index is 12.3. The molecule has 1 N–H and O–H groups in total. The first-order valence-electron chi connectivity index (χ1n) is 6.79. The molecule has 0 saturated heterocycles. The summed E-state index contributed by atoms with van der Waals surface area (Å²) in [6.45, 7) is 5.67. The molecule has 6 heteroatoms. The second-order valence-electron chi connectivity index (χ2n) is 5.74. The van der Waals surface area contributed by atoms with Gasteiger partial charge in [-0.05, 0) is 26.3 Å². The van der Waals surface area contributed by atoms with Crippen LogP contribution in [-0.2, 0) is 20.6 Å². The van der Waals surface area contributed by atoms with Crippen molar-refractivity contribution in [2.45, 2.75) is 38.0 Å². The molecule has 0 bridgehead atoms. The third-order valence-corrected chi connectivity index (χ3v) is 4.62. The fraction of sp³-hybridized carbons (Fsp3) is 0.533. The van der Waals surface area contributed by atoms with Crippen molar-refractivity contribution in [2.24, 2.45) is 0 Å². The lowest BCUT2D eigenvalue weighted by Gasteiger charge is -2.25. The maximum Gasteiger partial charge on any atom is 0.247 e. The monoisotopic (exact) mass is 312 g/mol. The van der Waals surface area contributed by atoms with E-state index in [1.165, 1.54) is 12.2 Å². The molecule has 21 heavy (non-hydrogen) atoms. The van der Waals surface area contributed by atoms with Crippen molar-refractivity contribution in [1.82, 2.24) is 9.79 Å². The Morgan fingerprint density at radius 1 is 1.33 bits per heavy atom. The third kappa shape index (κ3) is 5.57. The zero-order valence-corrected chi connectivity index (χ0v) is 14.1. The van der Waals surface area contributed by atoms with Crippen LogP contribution in [-0.4, -0.2) is 34.1 Å². The highest BCUT2D eigenvalue weighted by molar-refractivity contribution is 7.84. The summed E-state index contributed by atoms with van der Waals surface area (Å²) in [4.78, 5) is 17.0. The average molecular weight is 312 g/mol. The van der Waals surface area contributed by atoms with Crippen molar-refractivity contribution in [3.63, 3.8) is 0 Å². The number of carbonyl (C=O) groups excluding carboxylic acids is 1. The van der Waals surface area contributed by atoms with Crippen molar-refractivity contribution >= 4 is 16.9 Å². The predicted octanol–water partition coefficient (Wildman–Crippen LogP) is 2.19. The van der Waals surface area contributed by atoms with Crippen LogP contribution in [0.25, 0.3) is 0 Å². The lowest BCUT2D eigenvalue weighted by molar-refractivity contribution is -0.169. The van der Waals surface area contributed by atoms with Crippen LogP contribution < -0.4 is 4.72 Å². The molecule has 0 fully saturated rings. The van der Waals surface area contributed by atoms with Gasteiger partial charge in [0.2, 0.25) is 5.91 Å². The number of nitrogens with one attached hydrogen (secondary N) is 1. The molecular weight excluding hydrogens is 288 g/mol. The third-order valence-electron chi connectivity index (χ3n) is 3.01. The van der Waals surface area contributed by atoms with Crippen LogP contribution in [0.5, 0.6) is 0 Å². The number of hydrogen-bond acceptors (Lipinski definition) is 3. The Labute approximate surface area is 129 Å². The summed E-state index contributed by atoms with van der Waals surface area (Å²) in [6, 6.07) is 9.21. The van der Waals surface area contributed by atoms with Crippen LogP contribution in [0.4, 0.5) is 0 Å². The van der Waals surface area contributed by atoms with Crippen molar-refractivity contribution < 1.29 is 13.8 Å². The Balaban J connectivity index is 2.91. The summed E-state index contributed by atoms with van der Waals surface area (Å²) >= 11 is 0. The van der Waals surface area contributed by atoms with Gasteiger partial charge in [0.1, 0.15) is 0 Å². The zero-order valence-electron chi connectivity index (χ0n) is 13.3. The van der Waals surface area contributed by atoms with Crippen LogP contribution in [0.2, 0.25) is 0 Å². The van der Waals surface area contributed by atoms with Gasteiger partial charge in [-0.3, -0.25) is 9.63 Å². The van der Waals surface area contributed by atoms with E-state index in [9.17, 15) is 9.00 Å². The molecule has 0 radical (unpaired) electrons. The Morgan fingerprint density at radius 3 is 2.38 bits per heavy atom. The van der Waals surface area contributed by atoms with E-state index in [0.717, 1.165) is 5.56 Å². The predicted molar refractivity (Wildman–Crippen MR) is 84.6 cm³/mol. The van der Waals surface area contributed by atoms with Gasteiger partial charge >= 0.3 is 0 Å². The number of rotatable bonds is 6. The molecule has 2 atom stereocenters. The Hall–Kier alpha value is -1.24. The number of benzene rings is 1. The molecular formula is C15H24N2O3S. The fourth-order valence-electron chi connectivity index (χ4n) is 1.62. The van der Waals surface area contributed by atoms with Gasteiger partial charge in [-0.25, -0.2) is 14.0 Å². The van der Waals surface area contributed by atoms with E-state index in [1.54, 1.807) is 7.05 Å². The lowest BCUT2D eigenvalue weighted by atomic mass is 10.0. The Bertz CT molecular complexity index is 485. The summed E-state index contributed by atoms with van der Waals surface area (Å²) in [5.74, 6) is -0.176. The first-order chi connectivity index (χ1) is 9.75. The van der Waals surface area contributed by atoms with E-state index < -0.39 is 15.7 Å². The summed E-state index contributed by atoms with van der Waals surface area (Å²) in [5, 5.41) is 1.18. The zero-order chi connectivity index (χ0) is 16.0. The van der Waals surface area contributed by atoms with E-state index in [-0.39, 0.29) is 18.4 Å². The van der Waals surface area contributed by atoms with Gasteiger partial charge in [-0.2, -0.15) is 0 Å². The standard InChI is InChI=1S/C15H24N2O3S/c1-15(2,3)21(19)16-13(11-14(18)17(4)20-5)12-9-7-6-8-10-12/h6-10,13,16H,11H2,1-5H3/t13-,21+/m1/s1. The molecule has 0 aliphatic heterocycles. The minimum atomic E-state index is -1.26. The molecule has 0 unspecified atom stereocenters.